The van der Waals surface area contributed by atoms with Gasteiger partial charge in [-0.2, -0.15) is 0 Å². The number of hydrogen-bond donors (Lipinski definition) is 2. The molecule has 1 rings (SSSR count). The normalized spacial score (nSPS) is 12.5. The molecule has 1 atom stereocenters. The Morgan fingerprint density at radius 1 is 1.53 bits per heavy atom. The van der Waals surface area contributed by atoms with Gasteiger partial charge in [-0.1, -0.05) is 11.6 Å². The van der Waals surface area contributed by atoms with Crippen LogP contribution >= 0.6 is 11.6 Å². The maximum Gasteiger partial charge on any atom is 0.222 e. The predicted octanol–water partition coefficient (Wildman–Crippen LogP) is 0.906. The van der Waals surface area contributed by atoms with Gasteiger partial charge in [0.2, 0.25) is 5.95 Å². The number of hydrogen-bond acceptors (Lipinski definition) is 5. The number of ether oxygens (including phenoxy) is 1. The Bertz CT molecular complexity index is 274. The molecule has 0 fully saturated rings. The van der Waals surface area contributed by atoms with Gasteiger partial charge in [0.15, 0.2) is 0 Å². The number of rotatable bonds is 6. The highest BCUT2D eigenvalue weighted by Crippen LogP contribution is 2.07. The molecule has 1 unspecified atom stereocenters. The molecule has 0 radical (unpaired) electrons. The second kappa shape index (κ2) is 6.55. The first-order valence-corrected chi connectivity index (χ1v) is 5.07. The van der Waals surface area contributed by atoms with Crippen molar-refractivity contribution < 1.29 is 4.74 Å². The van der Waals surface area contributed by atoms with Crippen molar-refractivity contribution in [1.82, 2.24) is 9.97 Å². The summed E-state index contributed by atoms with van der Waals surface area (Å²) in [6.07, 6.45) is 3.90. The van der Waals surface area contributed by atoms with Crippen LogP contribution in [0.5, 0.6) is 0 Å². The fraction of sp³-hybridized carbons (Fsp3) is 0.556. The lowest BCUT2D eigenvalue weighted by Crippen LogP contribution is -2.28. The Morgan fingerprint density at radius 2 is 2.20 bits per heavy atom. The van der Waals surface area contributed by atoms with Crippen LogP contribution in [-0.4, -0.2) is 36.3 Å². The third-order valence-corrected chi connectivity index (χ3v) is 2.03. The summed E-state index contributed by atoms with van der Waals surface area (Å²) in [6.45, 7) is 1.16. The average Bonchev–Trinajstić information content (AvgIpc) is 2.22. The van der Waals surface area contributed by atoms with Crippen LogP contribution in [0.15, 0.2) is 12.4 Å². The van der Waals surface area contributed by atoms with Gasteiger partial charge in [-0.25, -0.2) is 9.97 Å². The molecule has 1 heterocycles. The van der Waals surface area contributed by atoms with Gasteiger partial charge in [0.05, 0.1) is 30.1 Å². The van der Waals surface area contributed by atoms with E-state index in [1.54, 1.807) is 19.5 Å². The number of nitrogens with one attached hydrogen (secondary N) is 1. The molecule has 1 aromatic rings. The molecule has 5 nitrogen and oxygen atoms in total. The van der Waals surface area contributed by atoms with Crippen molar-refractivity contribution >= 4 is 17.5 Å². The molecule has 6 heteroatoms. The molecular weight excluding hydrogens is 216 g/mol. The summed E-state index contributed by atoms with van der Waals surface area (Å²) in [5.41, 5.74) is 5.48. The summed E-state index contributed by atoms with van der Waals surface area (Å²) in [6, 6.07) is 0.126. The van der Waals surface area contributed by atoms with E-state index >= 15 is 0 Å². The predicted molar refractivity (Wildman–Crippen MR) is 60.0 cm³/mol. The van der Waals surface area contributed by atoms with Gasteiger partial charge in [0, 0.05) is 7.11 Å². The van der Waals surface area contributed by atoms with E-state index in [0.717, 1.165) is 6.42 Å². The number of anilines is 1. The van der Waals surface area contributed by atoms with Crippen molar-refractivity contribution in [3.05, 3.63) is 17.4 Å². The fourth-order valence-corrected chi connectivity index (χ4v) is 1.27. The van der Waals surface area contributed by atoms with E-state index in [1.165, 1.54) is 0 Å². The molecule has 0 aliphatic rings. The van der Waals surface area contributed by atoms with Gasteiger partial charge in [0.1, 0.15) is 0 Å². The lowest BCUT2D eigenvalue weighted by Gasteiger charge is -2.16. The summed E-state index contributed by atoms with van der Waals surface area (Å²) in [5, 5.41) is 3.64. The van der Waals surface area contributed by atoms with Gasteiger partial charge in [-0.3, -0.25) is 0 Å². The number of halogens is 1. The van der Waals surface area contributed by atoms with E-state index < -0.39 is 0 Å². The van der Waals surface area contributed by atoms with Crippen LogP contribution in [0.2, 0.25) is 5.02 Å². The standard InChI is InChI=1S/C9H15ClN4O/c1-15-6-8(2-3-11)14-9-12-4-7(10)5-13-9/h4-5,8H,2-3,6,11H2,1H3,(H,12,13,14). The van der Waals surface area contributed by atoms with Crippen molar-refractivity contribution in [3.63, 3.8) is 0 Å². The Kier molecular flexibility index (Phi) is 5.31. The number of nitrogens with two attached hydrogens (primary N) is 1. The van der Waals surface area contributed by atoms with E-state index in [-0.39, 0.29) is 6.04 Å². The van der Waals surface area contributed by atoms with E-state index in [1.807, 2.05) is 0 Å². The van der Waals surface area contributed by atoms with Gasteiger partial charge < -0.3 is 15.8 Å². The third kappa shape index (κ3) is 4.42. The third-order valence-electron chi connectivity index (χ3n) is 1.84. The minimum atomic E-state index is 0.126. The summed E-state index contributed by atoms with van der Waals surface area (Å²) in [4.78, 5) is 8.06. The van der Waals surface area contributed by atoms with Crippen molar-refractivity contribution in [2.75, 3.05) is 25.6 Å². The maximum atomic E-state index is 5.67. The second-order valence-electron chi connectivity index (χ2n) is 3.10. The van der Waals surface area contributed by atoms with Crippen LogP contribution < -0.4 is 11.1 Å². The quantitative estimate of drug-likeness (QED) is 0.760. The molecule has 1 aromatic heterocycles. The first-order chi connectivity index (χ1) is 7.26. The van der Waals surface area contributed by atoms with Crippen LogP contribution in [0.4, 0.5) is 5.95 Å². The van der Waals surface area contributed by atoms with Crippen LogP contribution in [0.1, 0.15) is 6.42 Å². The van der Waals surface area contributed by atoms with E-state index in [4.69, 9.17) is 22.1 Å². The molecular formula is C9H15ClN4O. The molecule has 84 valence electrons. The lowest BCUT2D eigenvalue weighted by molar-refractivity contribution is 0.183. The zero-order valence-corrected chi connectivity index (χ0v) is 9.37. The van der Waals surface area contributed by atoms with Crippen molar-refractivity contribution in [1.29, 1.82) is 0 Å². The topological polar surface area (TPSA) is 73.1 Å². The number of methoxy groups -OCH3 is 1. The first-order valence-electron chi connectivity index (χ1n) is 4.69. The van der Waals surface area contributed by atoms with Crippen LogP contribution in [0, 0.1) is 0 Å². The zero-order chi connectivity index (χ0) is 11.1. The Labute approximate surface area is 94.0 Å². The molecule has 0 saturated heterocycles. The largest absolute Gasteiger partial charge is 0.383 e. The SMILES string of the molecule is COCC(CCN)Nc1ncc(Cl)cn1. The number of aromatic nitrogens is 2. The Hall–Kier alpha value is -0.910. The first kappa shape index (κ1) is 12.2. The summed E-state index contributed by atoms with van der Waals surface area (Å²) >= 11 is 5.67. The summed E-state index contributed by atoms with van der Waals surface area (Å²) in [7, 11) is 1.65. The smallest absolute Gasteiger partial charge is 0.222 e. The molecule has 0 aliphatic heterocycles. The Balaban J connectivity index is 2.53. The van der Waals surface area contributed by atoms with Crippen LogP contribution in [0.25, 0.3) is 0 Å². The molecule has 0 aromatic carbocycles. The van der Waals surface area contributed by atoms with Gasteiger partial charge in [0.25, 0.3) is 0 Å². The molecule has 0 amide bonds. The Morgan fingerprint density at radius 3 is 2.73 bits per heavy atom. The molecule has 15 heavy (non-hydrogen) atoms. The summed E-state index contributed by atoms with van der Waals surface area (Å²) < 4.78 is 5.05. The van der Waals surface area contributed by atoms with E-state index in [2.05, 4.69) is 15.3 Å². The highest BCUT2D eigenvalue weighted by molar-refractivity contribution is 6.30. The molecule has 0 aliphatic carbocycles. The number of nitrogens with zero attached hydrogens (tertiary/aromatic N) is 2. The summed E-state index contributed by atoms with van der Waals surface area (Å²) in [5.74, 6) is 0.537. The molecule has 3 N–H and O–H groups in total. The van der Waals surface area contributed by atoms with Crippen LogP contribution in [0.3, 0.4) is 0 Å². The van der Waals surface area contributed by atoms with Gasteiger partial charge in [-0.05, 0) is 13.0 Å². The minimum absolute atomic E-state index is 0.126. The van der Waals surface area contributed by atoms with Crippen LogP contribution in [-0.2, 0) is 4.74 Å². The molecule has 0 spiro atoms. The minimum Gasteiger partial charge on any atom is -0.383 e. The highest BCUT2D eigenvalue weighted by atomic mass is 35.5. The van der Waals surface area contributed by atoms with E-state index in [0.29, 0.717) is 24.1 Å². The highest BCUT2D eigenvalue weighted by Gasteiger charge is 2.08. The molecule has 0 saturated carbocycles. The van der Waals surface area contributed by atoms with Crippen molar-refractivity contribution in [2.24, 2.45) is 5.73 Å². The lowest BCUT2D eigenvalue weighted by atomic mass is 10.2. The van der Waals surface area contributed by atoms with Gasteiger partial charge >= 0.3 is 0 Å². The fourth-order valence-electron chi connectivity index (χ4n) is 1.17. The van der Waals surface area contributed by atoms with Crippen molar-refractivity contribution in [2.45, 2.75) is 12.5 Å². The van der Waals surface area contributed by atoms with Crippen molar-refractivity contribution in [3.8, 4) is 0 Å². The zero-order valence-electron chi connectivity index (χ0n) is 8.61. The molecule has 0 bridgehead atoms. The monoisotopic (exact) mass is 230 g/mol. The van der Waals surface area contributed by atoms with Gasteiger partial charge in [-0.15, -0.1) is 0 Å². The average molecular weight is 231 g/mol. The van der Waals surface area contributed by atoms with E-state index in [9.17, 15) is 0 Å². The second-order valence-corrected chi connectivity index (χ2v) is 3.54. The maximum absolute atomic E-state index is 5.67.